The average molecular weight is 298 g/mol. The minimum absolute atomic E-state index is 0.0769. The van der Waals surface area contributed by atoms with E-state index in [-0.39, 0.29) is 17.9 Å². The highest BCUT2D eigenvalue weighted by Crippen LogP contribution is 2.30. The van der Waals surface area contributed by atoms with Crippen LogP contribution in [-0.2, 0) is 6.54 Å². The zero-order chi connectivity index (χ0) is 15.6. The molecule has 110 valence electrons. The number of nitrogens with zero attached hydrogens (tertiary/aromatic N) is 1. The average Bonchev–Trinajstić information content (AvgIpc) is 2.40. The number of halogens is 3. The largest absolute Gasteiger partial charge is 0.508 e. The van der Waals surface area contributed by atoms with Crippen LogP contribution in [0.3, 0.4) is 0 Å². The molecule has 2 aromatic rings. The van der Waals surface area contributed by atoms with E-state index in [4.69, 9.17) is 0 Å². The van der Waals surface area contributed by atoms with Gasteiger partial charge in [-0.3, -0.25) is 10.1 Å². The van der Waals surface area contributed by atoms with E-state index >= 15 is 0 Å². The lowest BCUT2D eigenvalue weighted by Crippen LogP contribution is -2.06. The van der Waals surface area contributed by atoms with Crippen LogP contribution < -0.4 is 5.32 Å². The number of phenolic OH excluding ortho intramolecular Hbond substituents is 1. The van der Waals surface area contributed by atoms with Gasteiger partial charge in [-0.15, -0.1) is 0 Å². The molecule has 0 aromatic heterocycles. The second-order valence-corrected chi connectivity index (χ2v) is 4.17. The molecule has 2 N–H and O–H groups in total. The van der Waals surface area contributed by atoms with Gasteiger partial charge >= 0.3 is 0 Å². The molecule has 0 aliphatic heterocycles. The van der Waals surface area contributed by atoms with E-state index in [2.05, 4.69) is 5.32 Å². The van der Waals surface area contributed by atoms with Crippen molar-refractivity contribution in [3.63, 3.8) is 0 Å². The molecule has 21 heavy (non-hydrogen) atoms. The van der Waals surface area contributed by atoms with Gasteiger partial charge in [-0.05, 0) is 18.2 Å². The van der Waals surface area contributed by atoms with E-state index in [1.54, 1.807) is 0 Å². The Kier molecular flexibility index (Phi) is 3.97. The van der Waals surface area contributed by atoms with Gasteiger partial charge in [0.05, 0.1) is 11.0 Å². The van der Waals surface area contributed by atoms with Crippen LogP contribution in [0.5, 0.6) is 5.75 Å². The predicted molar refractivity (Wildman–Crippen MR) is 68.4 cm³/mol. The van der Waals surface area contributed by atoms with E-state index < -0.39 is 33.7 Å². The van der Waals surface area contributed by atoms with Gasteiger partial charge in [0.1, 0.15) is 23.1 Å². The van der Waals surface area contributed by atoms with Gasteiger partial charge in [-0.25, -0.2) is 13.2 Å². The molecule has 5 nitrogen and oxygen atoms in total. The first-order valence-electron chi connectivity index (χ1n) is 5.73. The summed E-state index contributed by atoms with van der Waals surface area (Å²) in [6, 6.07) is 4.18. The summed E-state index contributed by atoms with van der Waals surface area (Å²) in [6.45, 7) is -0.271. The van der Waals surface area contributed by atoms with Crippen molar-refractivity contribution in [2.24, 2.45) is 0 Å². The third kappa shape index (κ3) is 3.22. The van der Waals surface area contributed by atoms with Crippen molar-refractivity contribution in [2.45, 2.75) is 6.54 Å². The van der Waals surface area contributed by atoms with Crippen LogP contribution in [0.15, 0.2) is 30.3 Å². The summed E-state index contributed by atoms with van der Waals surface area (Å²) in [5.74, 6) is -3.12. The van der Waals surface area contributed by atoms with Crippen LogP contribution in [0.4, 0.5) is 24.5 Å². The molecule has 2 aromatic carbocycles. The second-order valence-electron chi connectivity index (χ2n) is 4.17. The van der Waals surface area contributed by atoms with Gasteiger partial charge in [0.2, 0.25) is 0 Å². The van der Waals surface area contributed by atoms with Crippen LogP contribution in [-0.4, -0.2) is 10.0 Å². The first-order chi connectivity index (χ1) is 9.88. The lowest BCUT2D eigenvalue weighted by Gasteiger charge is -2.10. The SMILES string of the molecule is O=[N+]([O-])c1cc(F)cc(F)c1NCc1cc(F)ccc1O. The molecule has 0 aliphatic carbocycles. The topological polar surface area (TPSA) is 75.4 Å². The summed E-state index contributed by atoms with van der Waals surface area (Å²) in [5, 5.41) is 22.7. The Balaban J connectivity index is 2.32. The predicted octanol–water partition coefficient (Wildman–Crippen LogP) is 3.33. The number of benzene rings is 2. The van der Waals surface area contributed by atoms with Crippen molar-refractivity contribution < 1.29 is 23.2 Å². The Morgan fingerprint density at radius 3 is 2.52 bits per heavy atom. The molecule has 0 saturated carbocycles. The fourth-order valence-electron chi connectivity index (χ4n) is 1.76. The highest BCUT2D eigenvalue weighted by Gasteiger charge is 2.20. The lowest BCUT2D eigenvalue weighted by molar-refractivity contribution is -0.384. The molecule has 2 rings (SSSR count). The zero-order valence-corrected chi connectivity index (χ0v) is 10.4. The Morgan fingerprint density at radius 2 is 1.86 bits per heavy atom. The standard InChI is InChI=1S/C13H9F3N2O3/c14-8-1-2-12(19)7(3-8)6-17-13-10(16)4-9(15)5-11(13)18(20)21/h1-5,17,19H,6H2. The molecule has 0 aliphatic rings. The summed E-state index contributed by atoms with van der Waals surface area (Å²) in [7, 11) is 0. The van der Waals surface area contributed by atoms with Crippen LogP contribution in [0.2, 0.25) is 0 Å². The Morgan fingerprint density at radius 1 is 1.14 bits per heavy atom. The van der Waals surface area contributed by atoms with Gasteiger partial charge in [-0.2, -0.15) is 0 Å². The van der Waals surface area contributed by atoms with Crippen LogP contribution in [0.1, 0.15) is 5.56 Å². The van der Waals surface area contributed by atoms with Crippen molar-refractivity contribution in [3.8, 4) is 5.75 Å². The van der Waals surface area contributed by atoms with Crippen molar-refractivity contribution in [3.05, 3.63) is 63.5 Å². The molecule has 0 saturated heterocycles. The van der Waals surface area contributed by atoms with Crippen molar-refractivity contribution in [1.29, 1.82) is 0 Å². The minimum atomic E-state index is -1.16. The van der Waals surface area contributed by atoms with Crippen molar-refractivity contribution >= 4 is 11.4 Å². The minimum Gasteiger partial charge on any atom is -0.508 e. The van der Waals surface area contributed by atoms with E-state index in [1.807, 2.05) is 0 Å². The maximum atomic E-state index is 13.6. The smallest absolute Gasteiger partial charge is 0.298 e. The number of nitro groups is 1. The third-order valence-electron chi connectivity index (χ3n) is 2.73. The van der Waals surface area contributed by atoms with Gasteiger partial charge in [-0.1, -0.05) is 0 Å². The van der Waals surface area contributed by atoms with Crippen molar-refractivity contribution in [2.75, 3.05) is 5.32 Å². The van der Waals surface area contributed by atoms with Crippen LogP contribution in [0.25, 0.3) is 0 Å². The molecule has 0 heterocycles. The van der Waals surface area contributed by atoms with Crippen molar-refractivity contribution in [1.82, 2.24) is 0 Å². The summed E-state index contributed by atoms with van der Waals surface area (Å²) in [6.07, 6.45) is 0. The number of rotatable bonds is 4. The maximum Gasteiger partial charge on any atom is 0.298 e. The van der Waals surface area contributed by atoms with Gasteiger partial charge in [0.15, 0.2) is 5.82 Å². The summed E-state index contributed by atoms with van der Waals surface area (Å²) in [5.41, 5.74) is -1.25. The third-order valence-corrected chi connectivity index (χ3v) is 2.73. The normalized spacial score (nSPS) is 10.4. The van der Waals surface area contributed by atoms with Crippen LogP contribution in [0, 0.1) is 27.6 Å². The number of hydrogen-bond acceptors (Lipinski definition) is 4. The molecule has 0 bridgehead atoms. The molecule has 0 spiro atoms. The Hall–Kier alpha value is -2.77. The monoisotopic (exact) mass is 298 g/mol. The molecular weight excluding hydrogens is 289 g/mol. The number of aromatic hydroxyl groups is 1. The van der Waals surface area contributed by atoms with Crippen LogP contribution >= 0.6 is 0 Å². The molecule has 0 atom stereocenters. The first kappa shape index (κ1) is 14.6. The van der Waals surface area contributed by atoms with Gasteiger partial charge in [0.25, 0.3) is 5.69 Å². The van der Waals surface area contributed by atoms with E-state index in [0.29, 0.717) is 12.1 Å². The summed E-state index contributed by atoms with van der Waals surface area (Å²) in [4.78, 5) is 9.84. The number of nitro benzene ring substituents is 1. The summed E-state index contributed by atoms with van der Waals surface area (Å²) < 4.78 is 39.6. The number of nitrogens with one attached hydrogen (secondary N) is 1. The maximum absolute atomic E-state index is 13.6. The Bertz CT molecular complexity index is 707. The quantitative estimate of drug-likeness (QED) is 0.670. The zero-order valence-electron chi connectivity index (χ0n) is 10.4. The molecular formula is C13H9F3N2O3. The fourth-order valence-corrected chi connectivity index (χ4v) is 1.76. The number of anilines is 1. The second kappa shape index (κ2) is 5.70. The van der Waals surface area contributed by atoms with E-state index in [0.717, 1.165) is 18.2 Å². The molecule has 0 unspecified atom stereocenters. The fraction of sp³-hybridized carbons (Fsp3) is 0.0769. The number of hydrogen-bond donors (Lipinski definition) is 2. The highest BCUT2D eigenvalue weighted by atomic mass is 19.1. The van der Waals surface area contributed by atoms with E-state index in [9.17, 15) is 28.4 Å². The molecule has 0 fully saturated rings. The van der Waals surface area contributed by atoms with Gasteiger partial charge in [0, 0.05) is 18.2 Å². The van der Waals surface area contributed by atoms with Gasteiger partial charge < -0.3 is 10.4 Å². The molecule has 0 amide bonds. The van der Waals surface area contributed by atoms with E-state index in [1.165, 1.54) is 0 Å². The molecule has 0 radical (unpaired) electrons. The Labute approximate surface area is 116 Å². The highest BCUT2D eigenvalue weighted by molar-refractivity contribution is 5.62. The lowest BCUT2D eigenvalue weighted by atomic mass is 10.2. The summed E-state index contributed by atoms with van der Waals surface area (Å²) >= 11 is 0. The molecule has 8 heteroatoms. The first-order valence-corrected chi connectivity index (χ1v) is 5.73. The number of phenols is 1.